The first-order valence-electron chi connectivity index (χ1n) is 6.38. The van der Waals surface area contributed by atoms with Gasteiger partial charge in [0.1, 0.15) is 5.82 Å². The summed E-state index contributed by atoms with van der Waals surface area (Å²) in [7, 11) is 0. The van der Waals surface area contributed by atoms with E-state index >= 15 is 0 Å². The topological polar surface area (TPSA) is 38.0 Å². The molecule has 112 valence electrons. The fraction of sp³-hybridized carbons (Fsp3) is 0.200. The van der Waals surface area contributed by atoms with Crippen LogP contribution in [0.2, 0.25) is 10.0 Å². The lowest BCUT2D eigenvalue weighted by Gasteiger charge is -2.17. The summed E-state index contributed by atoms with van der Waals surface area (Å²) in [5, 5.41) is 1.06. The summed E-state index contributed by atoms with van der Waals surface area (Å²) in [6.45, 7) is 0. The van der Waals surface area contributed by atoms with Gasteiger partial charge in [-0.15, -0.1) is 11.8 Å². The molecule has 2 aromatic carbocycles. The lowest BCUT2D eigenvalue weighted by Crippen LogP contribution is -2.38. The molecule has 0 fully saturated rings. The van der Waals surface area contributed by atoms with Crippen LogP contribution in [0.4, 0.5) is 4.39 Å². The summed E-state index contributed by atoms with van der Waals surface area (Å²) < 4.78 is 13.6. The zero-order valence-corrected chi connectivity index (χ0v) is 13.5. The van der Waals surface area contributed by atoms with Gasteiger partial charge in [0.05, 0.1) is 10.0 Å². The number of rotatable bonds is 6. The van der Waals surface area contributed by atoms with E-state index in [0.29, 0.717) is 27.1 Å². The Balaban J connectivity index is 2.01. The van der Waals surface area contributed by atoms with Gasteiger partial charge < -0.3 is 0 Å². The molecule has 0 saturated heterocycles. The van der Waals surface area contributed by atoms with Gasteiger partial charge >= 0.3 is 0 Å². The maximum absolute atomic E-state index is 13.6. The molecule has 0 bridgehead atoms. The van der Waals surface area contributed by atoms with E-state index in [4.69, 9.17) is 29.0 Å². The van der Waals surface area contributed by atoms with E-state index in [9.17, 15) is 4.39 Å². The molecule has 2 nitrogen and oxygen atoms in total. The second-order valence-electron chi connectivity index (χ2n) is 4.52. The second-order valence-corrected chi connectivity index (χ2v) is 6.37. The Morgan fingerprint density at radius 3 is 2.62 bits per heavy atom. The Morgan fingerprint density at radius 1 is 1.14 bits per heavy atom. The standard InChI is InChI=1S/C15H15Cl2FN2S/c16-12-5-3-4-10(15(12)17)8-11(20-19)9-21-14-7-2-1-6-13(14)18/h1-7,11,20H,8-9,19H2. The Morgan fingerprint density at radius 2 is 1.90 bits per heavy atom. The highest BCUT2D eigenvalue weighted by Gasteiger charge is 2.13. The van der Waals surface area contributed by atoms with Crippen molar-refractivity contribution in [3.05, 3.63) is 63.9 Å². The molecule has 0 heterocycles. The number of hydrazine groups is 1. The highest BCUT2D eigenvalue weighted by molar-refractivity contribution is 7.99. The fourth-order valence-electron chi connectivity index (χ4n) is 1.89. The van der Waals surface area contributed by atoms with E-state index in [2.05, 4.69) is 5.43 Å². The van der Waals surface area contributed by atoms with Gasteiger partial charge in [0.15, 0.2) is 0 Å². The second kappa shape index (κ2) is 8.01. The molecule has 2 rings (SSSR count). The van der Waals surface area contributed by atoms with Gasteiger partial charge in [-0.2, -0.15) is 0 Å². The van der Waals surface area contributed by atoms with Crippen LogP contribution in [0.5, 0.6) is 0 Å². The van der Waals surface area contributed by atoms with Gasteiger partial charge in [0, 0.05) is 16.7 Å². The zero-order chi connectivity index (χ0) is 15.2. The van der Waals surface area contributed by atoms with E-state index in [1.54, 1.807) is 18.2 Å². The van der Waals surface area contributed by atoms with Crippen LogP contribution < -0.4 is 11.3 Å². The third-order valence-electron chi connectivity index (χ3n) is 3.01. The van der Waals surface area contributed by atoms with E-state index < -0.39 is 0 Å². The van der Waals surface area contributed by atoms with Gasteiger partial charge in [-0.1, -0.05) is 47.5 Å². The first-order chi connectivity index (χ1) is 10.1. The first kappa shape index (κ1) is 16.6. The average molecular weight is 345 g/mol. The van der Waals surface area contributed by atoms with Gasteiger partial charge in [-0.3, -0.25) is 11.3 Å². The maximum atomic E-state index is 13.6. The maximum Gasteiger partial charge on any atom is 0.136 e. The lowest BCUT2D eigenvalue weighted by atomic mass is 10.1. The SMILES string of the molecule is NNC(CSc1ccccc1F)Cc1cccc(Cl)c1Cl. The summed E-state index contributed by atoms with van der Waals surface area (Å²) in [5.41, 5.74) is 3.66. The van der Waals surface area contributed by atoms with Gasteiger partial charge in [-0.25, -0.2) is 4.39 Å². The monoisotopic (exact) mass is 344 g/mol. The first-order valence-corrected chi connectivity index (χ1v) is 8.12. The molecular weight excluding hydrogens is 330 g/mol. The minimum atomic E-state index is -0.223. The summed E-state index contributed by atoms with van der Waals surface area (Å²) >= 11 is 13.6. The van der Waals surface area contributed by atoms with Crippen LogP contribution in [0, 0.1) is 5.82 Å². The summed E-state index contributed by atoms with van der Waals surface area (Å²) in [6.07, 6.45) is 0.622. The average Bonchev–Trinajstić information content (AvgIpc) is 2.49. The third kappa shape index (κ3) is 4.59. The van der Waals surface area contributed by atoms with Crippen LogP contribution in [-0.2, 0) is 6.42 Å². The van der Waals surface area contributed by atoms with Crippen LogP contribution in [0.25, 0.3) is 0 Å². The molecule has 6 heteroatoms. The number of halogens is 3. The van der Waals surface area contributed by atoms with E-state index in [1.165, 1.54) is 17.8 Å². The predicted molar refractivity (Wildman–Crippen MR) is 88.4 cm³/mol. The van der Waals surface area contributed by atoms with Crippen molar-refractivity contribution < 1.29 is 4.39 Å². The van der Waals surface area contributed by atoms with E-state index in [1.807, 2.05) is 18.2 Å². The van der Waals surface area contributed by atoms with Gasteiger partial charge in [0.2, 0.25) is 0 Å². The minimum absolute atomic E-state index is 0.0365. The number of nitrogens with one attached hydrogen (secondary N) is 1. The quantitative estimate of drug-likeness (QED) is 0.466. The molecule has 0 aliphatic heterocycles. The van der Waals surface area contributed by atoms with E-state index in [0.717, 1.165) is 5.56 Å². The molecule has 1 atom stereocenters. The van der Waals surface area contributed by atoms with Crippen molar-refractivity contribution in [3.63, 3.8) is 0 Å². The summed E-state index contributed by atoms with van der Waals surface area (Å²) in [6, 6.07) is 12.1. The van der Waals surface area contributed by atoms with Crippen molar-refractivity contribution >= 4 is 35.0 Å². The van der Waals surface area contributed by atoms with Crippen LogP contribution in [0.15, 0.2) is 47.4 Å². The van der Waals surface area contributed by atoms with Crippen LogP contribution >= 0.6 is 35.0 Å². The largest absolute Gasteiger partial charge is 0.271 e. The Hall–Kier alpha value is -0.780. The highest BCUT2D eigenvalue weighted by Crippen LogP contribution is 2.28. The van der Waals surface area contributed by atoms with Crippen molar-refractivity contribution in [1.29, 1.82) is 0 Å². The molecule has 0 saturated carbocycles. The molecule has 1 unspecified atom stereocenters. The zero-order valence-electron chi connectivity index (χ0n) is 11.2. The molecular formula is C15H15Cl2FN2S. The van der Waals surface area contributed by atoms with Crippen LogP contribution in [0.3, 0.4) is 0 Å². The molecule has 0 spiro atoms. The third-order valence-corrected chi connectivity index (χ3v) is 5.08. The Labute approximate surface area is 137 Å². The fourth-order valence-corrected chi connectivity index (χ4v) is 3.26. The molecule has 0 radical (unpaired) electrons. The number of hydrogen-bond acceptors (Lipinski definition) is 3. The van der Waals surface area contributed by atoms with Gasteiger partial charge in [0.25, 0.3) is 0 Å². The molecule has 2 aromatic rings. The molecule has 21 heavy (non-hydrogen) atoms. The molecule has 0 aromatic heterocycles. The number of hydrogen-bond donors (Lipinski definition) is 2. The highest BCUT2D eigenvalue weighted by atomic mass is 35.5. The number of thioether (sulfide) groups is 1. The van der Waals surface area contributed by atoms with Crippen molar-refractivity contribution in [2.75, 3.05) is 5.75 Å². The molecule has 0 amide bonds. The van der Waals surface area contributed by atoms with Crippen molar-refractivity contribution in [2.45, 2.75) is 17.4 Å². The van der Waals surface area contributed by atoms with Crippen molar-refractivity contribution in [3.8, 4) is 0 Å². The number of nitrogens with two attached hydrogens (primary N) is 1. The Bertz CT molecular complexity index is 610. The summed E-state index contributed by atoms with van der Waals surface area (Å²) in [5.74, 6) is 5.98. The smallest absolute Gasteiger partial charge is 0.136 e. The molecule has 0 aliphatic carbocycles. The van der Waals surface area contributed by atoms with Crippen LogP contribution in [-0.4, -0.2) is 11.8 Å². The predicted octanol–water partition coefficient (Wildman–Crippen LogP) is 4.30. The summed E-state index contributed by atoms with van der Waals surface area (Å²) in [4.78, 5) is 0.606. The minimum Gasteiger partial charge on any atom is -0.271 e. The molecule has 0 aliphatic rings. The van der Waals surface area contributed by atoms with Crippen molar-refractivity contribution in [2.24, 2.45) is 5.84 Å². The van der Waals surface area contributed by atoms with Crippen LogP contribution in [0.1, 0.15) is 5.56 Å². The number of benzene rings is 2. The molecule has 3 N–H and O–H groups in total. The Kier molecular flexibility index (Phi) is 6.33. The van der Waals surface area contributed by atoms with Crippen molar-refractivity contribution in [1.82, 2.24) is 5.43 Å². The lowest BCUT2D eigenvalue weighted by molar-refractivity contribution is 0.573. The van der Waals surface area contributed by atoms with Gasteiger partial charge in [-0.05, 0) is 30.2 Å². The van der Waals surface area contributed by atoms with E-state index in [-0.39, 0.29) is 11.9 Å². The normalized spacial score (nSPS) is 12.4.